The molecule has 0 aliphatic rings. The second-order valence-electron chi connectivity index (χ2n) is 6.38. The van der Waals surface area contributed by atoms with Gasteiger partial charge in [0.1, 0.15) is 9.88 Å². The summed E-state index contributed by atoms with van der Waals surface area (Å²) in [4.78, 5) is 31.3. The molecule has 0 bridgehead atoms. The molecule has 0 saturated carbocycles. The Morgan fingerprint density at radius 3 is 2.54 bits per heavy atom. The van der Waals surface area contributed by atoms with Crippen LogP contribution in [0.15, 0.2) is 48.5 Å². The van der Waals surface area contributed by atoms with Gasteiger partial charge in [0.2, 0.25) is 0 Å². The molecule has 0 radical (unpaired) electrons. The lowest BCUT2D eigenvalue weighted by molar-refractivity contribution is 0.0788. The zero-order chi connectivity index (χ0) is 20.3. The molecule has 1 N–H and O–H groups in total. The van der Waals surface area contributed by atoms with Crippen LogP contribution in [0.5, 0.6) is 0 Å². The normalized spacial score (nSPS) is 10.6. The van der Waals surface area contributed by atoms with Crippen molar-refractivity contribution in [3.63, 3.8) is 0 Å². The maximum absolute atomic E-state index is 12.9. The second-order valence-corrected chi connectivity index (χ2v) is 7.82. The summed E-state index contributed by atoms with van der Waals surface area (Å²) in [6.45, 7) is 2.28. The van der Waals surface area contributed by atoms with Crippen LogP contribution in [0.3, 0.4) is 0 Å². The fourth-order valence-corrected chi connectivity index (χ4v) is 4.01. The van der Waals surface area contributed by atoms with Crippen molar-refractivity contribution in [2.24, 2.45) is 0 Å². The lowest BCUT2D eigenvalue weighted by Crippen LogP contribution is -2.26. The number of nitrogens with one attached hydrogen (secondary N) is 1. The van der Waals surface area contributed by atoms with E-state index in [1.54, 1.807) is 37.2 Å². The van der Waals surface area contributed by atoms with Crippen LogP contribution >= 0.6 is 22.9 Å². The van der Waals surface area contributed by atoms with Crippen molar-refractivity contribution in [3.8, 4) is 10.6 Å². The predicted octanol–water partition coefficient (Wildman–Crippen LogP) is 4.40. The smallest absolute Gasteiger partial charge is 0.265 e. The molecule has 2 amide bonds. The van der Waals surface area contributed by atoms with Gasteiger partial charge in [0.25, 0.3) is 11.8 Å². The summed E-state index contributed by atoms with van der Waals surface area (Å²) in [6.07, 6.45) is 0. The molecule has 0 spiro atoms. The summed E-state index contributed by atoms with van der Waals surface area (Å²) in [6, 6.07) is 14.6. The highest BCUT2D eigenvalue weighted by Gasteiger charge is 2.20. The Labute approximate surface area is 173 Å². The molecule has 144 valence electrons. The van der Waals surface area contributed by atoms with Crippen LogP contribution < -0.4 is 5.32 Å². The third kappa shape index (κ3) is 4.40. The number of benzene rings is 2. The molecule has 7 heteroatoms. The van der Waals surface area contributed by atoms with E-state index in [0.29, 0.717) is 27.7 Å². The first-order valence-electron chi connectivity index (χ1n) is 8.69. The minimum atomic E-state index is -0.134. The molecule has 0 aliphatic carbocycles. The number of aryl methyl sites for hydroxylation is 1. The van der Waals surface area contributed by atoms with Gasteiger partial charge in [0.15, 0.2) is 0 Å². The summed E-state index contributed by atoms with van der Waals surface area (Å²) >= 11 is 7.42. The Balaban J connectivity index is 1.75. The van der Waals surface area contributed by atoms with Crippen LogP contribution in [0.1, 0.15) is 31.3 Å². The van der Waals surface area contributed by atoms with Crippen molar-refractivity contribution in [2.45, 2.75) is 13.5 Å². The van der Waals surface area contributed by atoms with E-state index in [0.717, 1.165) is 16.1 Å². The number of hydrogen-bond donors (Lipinski definition) is 1. The van der Waals surface area contributed by atoms with Crippen molar-refractivity contribution in [3.05, 3.63) is 75.3 Å². The average Bonchev–Trinajstić information content (AvgIpc) is 3.09. The molecule has 1 heterocycles. The number of aromatic nitrogens is 1. The molecule has 0 atom stereocenters. The third-order valence-corrected chi connectivity index (χ3v) is 5.70. The molecule has 0 saturated heterocycles. The predicted molar refractivity (Wildman–Crippen MR) is 113 cm³/mol. The van der Waals surface area contributed by atoms with Crippen LogP contribution in [-0.4, -0.2) is 35.8 Å². The Kier molecular flexibility index (Phi) is 6.11. The molecule has 0 aliphatic heterocycles. The Morgan fingerprint density at radius 2 is 1.89 bits per heavy atom. The van der Waals surface area contributed by atoms with Crippen LogP contribution in [0, 0.1) is 6.92 Å². The number of hydrogen-bond acceptors (Lipinski definition) is 4. The van der Waals surface area contributed by atoms with Crippen molar-refractivity contribution < 1.29 is 9.59 Å². The number of rotatable bonds is 5. The Hall–Kier alpha value is -2.70. The lowest BCUT2D eigenvalue weighted by atomic mass is 10.1. The van der Waals surface area contributed by atoms with E-state index in [9.17, 15) is 9.59 Å². The number of amides is 2. The number of halogens is 1. The number of nitrogens with zero attached hydrogens (tertiary/aromatic N) is 2. The first-order valence-corrected chi connectivity index (χ1v) is 9.88. The van der Waals surface area contributed by atoms with Gasteiger partial charge in [-0.1, -0.05) is 35.9 Å². The molecule has 5 nitrogen and oxygen atoms in total. The van der Waals surface area contributed by atoms with Crippen LogP contribution in [0.2, 0.25) is 5.02 Å². The summed E-state index contributed by atoms with van der Waals surface area (Å²) in [5.41, 5.74) is 3.13. The van der Waals surface area contributed by atoms with Gasteiger partial charge in [-0.15, -0.1) is 11.3 Å². The van der Waals surface area contributed by atoms with E-state index >= 15 is 0 Å². The highest BCUT2D eigenvalue weighted by atomic mass is 35.5. The summed E-state index contributed by atoms with van der Waals surface area (Å²) < 4.78 is 0. The molecule has 28 heavy (non-hydrogen) atoms. The topological polar surface area (TPSA) is 62.3 Å². The fraction of sp³-hybridized carbons (Fsp3) is 0.190. The standard InChI is InChI=1S/C21H20ClN3O2S/c1-13-18(28-20(24-13)16-5-4-6-17(22)11-16)21(27)25(3)12-14-7-9-15(10-8-14)19(26)23-2/h4-11H,12H2,1-3H3,(H,23,26). The van der Waals surface area contributed by atoms with Crippen molar-refractivity contribution >= 4 is 34.8 Å². The summed E-state index contributed by atoms with van der Waals surface area (Å²) in [5.74, 6) is -0.219. The van der Waals surface area contributed by atoms with Gasteiger partial charge in [-0.2, -0.15) is 0 Å². The Bertz CT molecular complexity index is 1010. The molecule has 3 aromatic rings. The van der Waals surface area contributed by atoms with E-state index in [1.807, 2.05) is 37.3 Å². The zero-order valence-electron chi connectivity index (χ0n) is 15.8. The van der Waals surface area contributed by atoms with Gasteiger partial charge in [0, 0.05) is 36.8 Å². The third-order valence-electron chi connectivity index (χ3n) is 4.27. The first kappa shape index (κ1) is 20.0. The maximum atomic E-state index is 12.9. The Morgan fingerprint density at radius 1 is 1.18 bits per heavy atom. The van der Waals surface area contributed by atoms with E-state index in [-0.39, 0.29) is 11.8 Å². The number of carbonyl (C=O) groups excluding carboxylic acids is 2. The summed E-state index contributed by atoms with van der Waals surface area (Å²) in [5, 5.41) is 3.99. The zero-order valence-corrected chi connectivity index (χ0v) is 17.4. The van der Waals surface area contributed by atoms with E-state index in [2.05, 4.69) is 10.3 Å². The van der Waals surface area contributed by atoms with Gasteiger partial charge >= 0.3 is 0 Å². The molecule has 2 aromatic carbocycles. The fourth-order valence-electron chi connectivity index (χ4n) is 2.76. The first-order chi connectivity index (χ1) is 13.4. The minimum Gasteiger partial charge on any atom is -0.355 e. The number of carbonyl (C=O) groups is 2. The van der Waals surface area contributed by atoms with E-state index in [4.69, 9.17) is 11.6 Å². The minimum absolute atomic E-state index is 0.0846. The molecule has 0 fully saturated rings. The van der Waals surface area contributed by atoms with Crippen LogP contribution in [-0.2, 0) is 6.54 Å². The van der Waals surface area contributed by atoms with Gasteiger partial charge in [-0.3, -0.25) is 9.59 Å². The second kappa shape index (κ2) is 8.54. The largest absolute Gasteiger partial charge is 0.355 e. The molecular weight excluding hydrogens is 394 g/mol. The molecule has 0 unspecified atom stereocenters. The molecule has 3 rings (SSSR count). The van der Waals surface area contributed by atoms with E-state index in [1.165, 1.54) is 11.3 Å². The van der Waals surface area contributed by atoms with Crippen molar-refractivity contribution in [1.29, 1.82) is 0 Å². The van der Waals surface area contributed by atoms with Gasteiger partial charge in [-0.25, -0.2) is 4.98 Å². The van der Waals surface area contributed by atoms with E-state index < -0.39 is 0 Å². The van der Waals surface area contributed by atoms with Crippen LogP contribution in [0.25, 0.3) is 10.6 Å². The van der Waals surface area contributed by atoms with Crippen molar-refractivity contribution in [2.75, 3.05) is 14.1 Å². The average molecular weight is 414 g/mol. The molecule has 1 aromatic heterocycles. The van der Waals surface area contributed by atoms with Gasteiger partial charge in [-0.05, 0) is 36.8 Å². The molecular formula is C21H20ClN3O2S. The maximum Gasteiger partial charge on any atom is 0.265 e. The monoisotopic (exact) mass is 413 g/mol. The van der Waals surface area contributed by atoms with Crippen LogP contribution in [0.4, 0.5) is 0 Å². The summed E-state index contributed by atoms with van der Waals surface area (Å²) in [7, 11) is 3.35. The van der Waals surface area contributed by atoms with Gasteiger partial charge in [0.05, 0.1) is 5.69 Å². The SMILES string of the molecule is CNC(=O)c1ccc(CN(C)C(=O)c2sc(-c3cccc(Cl)c3)nc2C)cc1. The highest BCUT2D eigenvalue weighted by molar-refractivity contribution is 7.17. The van der Waals surface area contributed by atoms with Crippen molar-refractivity contribution in [1.82, 2.24) is 15.2 Å². The quantitative estimate of drug-likeness (QED) is 0.674. The lowest BCUT2D eigenvalue weighted by Gasteiger charge is -2.16. The number of thiazole rings is 1. The van der Waals surface area contributed by atoms with Gasteiger partial charge < -0.3 is 10.2 Å². The highest BCUT2D eigenvalue weighted by Crippen LogP contribution is 2.30.